The molecular weight excluding hydrogens is 332 g/mol. The monoisotopic (exact) mass is 346 g/mol. The first kappa shape index (κ1) is 14.0. The van der Waals surface area contributed by atoms with Gasteiger partial charge in [0.25, 0.3) is 0 Å². The van der Waals surface area contributed by atoms with Crippen LogP contribution in [0.1, 0.15) is 28.8 Å². The maximum absolute atomic E-state index is 13.2. The van der Waals surface area contributed by atoms with Crippen LogP contribution in [0.5, 0.6) is 23.0 Å². The molecule has 0 radical (unpaired) electrons. The van der Waals surface area contributed by atoms with Crippen LogP contribution in [-0.4, -0.2) is 19.4 Å². The van der Waals surface area contributed by atoms with E-state index in [1.54, 1.807) is 0 Å². The Labute approximate surface area is 149 Å². The average molecular weight is 346 g/mol. The number of ketones is 1. The molecule has 0 aromatic heterocycles. The molecule has 2 aliphatic heterocycles. The predicted octanol–water partition coefficient (Wildman–Crippen LogP) is 4.26. The van der Waals surface area contributed by atoms with Gasteiger partial charge in [0.15, 0.2) is 28.8 Å². The van der Waals surface area contributed by atoms with Gasteiger partial charge in [-0.1, -0.05) is 19.1 Å². The fourth-order valence-corrected chi connectivity index (χ4v) is 4.23. The van der Waals surface area contributed by atoms with E-state index < -0.39 is 0 Å². The van der Waals surface area contributed by atoms with Gasteiger partial charge in [0.2, 0.25) is 13.6 Å². The number of ether oxygens (including phenoxy) is 4. The van der Waals surface area contributed by atoms with Crippen LogP contribution in [0.15, 0.2) is 36.4 Å². The Kier molecular flexibility index (Phi) is 2.53. The molecule has 26 heavy (non-hydrogen) atoms. The van der Waals surface area contributed by atoms with Crippen LogP contribution in [-0.2, 0) is 0 Å². The lowest BCUT2D eigenvalue weighted by atomic mass is 9.76. The van der Waals surface area contributed by atoms with Crippen LogP contribution in [0.3, 0.4) is 0 Å². The largest absolute Gasteiger partial charge is 0.454 e. The van der Waals surface area contributed by atoms with Gasteiger partial charge >= 0.3 is 0 Å². The summed E-state index contributed by atoms with van der Waals surface area (Å²) in [5, 5.41) is 2.06. The van der Waals surface area contributed by atoms with Crippen molar-refractivity contribution in [1.29, 1.82) is 0 Å². The molecule has 5 heteroatoms. The molecule has 1 aliphatic carbocycles. The van der Waals surface area contributed by atoms with Crippen LogP contribution in [0.25, 0.3) is 21.9 Å². The van der Waals surface area contributed by atoms with Gasteiger partial charge in [-0.05, 0) is 51.7 Å². The van der Waals surface area contributed by atoms with E-state index in [1.807, 2.05) is 31.2 Å². The second-order valence-corrected chi connectivity index (χ2v) is 6.76. The maximum Gasteiger partial charge on any atom is 0.231 e. The van der Waals surface area contributed by atoms with Crippen molar-refractivity contribution in [3.05, 3.63) is 47.5 Å². The van der Waals surface area contributed by atoms with E-state index in [2.05, 4.69) is 12.1 Å². The molecule has 2 heterocycles. The maximum atomic E-state index is 13.2. The summed E-state index contributed by atoms with van der Waals surface area (Å²) in [6.45, 7) is 2.33. The predicted molar refractivity (Wildman–Crippen MR) is 94.4 cm³/mol. The van der Waals surface area contributed by atoms with Gasteiger partial charge in [-0.2, -0.15) is 0 Å². The molecule has 3 aliphatic rings. The summed E-state index contributed by atoms with van der Waals surface area (Å²) in [6.07, 6.45) is 0. The molecule has 0 fully saturated rings. The number of hydrogen-bond donors (Lipinski definition) is 0. The number of carbonyl (C=O) groups is 1. The van der Waals surface area contributed by atoms with Gasteiger partial charge < -0.3 is 18.9 Å². The van der Waals surface area contributed by atoms with E-state index in [-0.39, 0.29) is 25.3 Å². The normalized spacial score (nSPS) is 18.8. The number of benzene rings is 3. The Morgan fingerprint density at radius 1 is 0.846 bits per heavy atom. The van der Waals surface area contributed by atoms with Gasteiger partial charge in [-0.3, -0.25) is 4.79 Å². The highest BCUT2D eigenvalue weighted by Gasteiger charge is 2.36. The molecule has 0 saturated heterocycles. The Hall–Kier alpha value is -3.21. The van der Waals surface area contributed by atoms with Gasteiger partial charge in [0.05, 0.1) is 5.56 Å². The van der Waals surface area contributed by atoms with Crippen LogP contribution < -0.4 is 18.9 Å². The molecule has 128 valence electrons. The summed E-state index contributed by atoms with van der Waals surface area (Å²) in [6, 6.07) is 11.9. The molecule has 3 aromatic carbocycles. The minimum absolute atomic E-state index is 0.0556. The van der Waals surface area contributed by atoms with Crippen LogP contribution in [0, 0.1) is 0 Å². The van der Waals surface area contributed by atoms with E-state index in [1.165, 1.54) is 0 Å². The molecule has 1 unspecified atom stereocenters. The molecule has 1 atom stereocenters. The van der Waals surface area contributed by atoms with Crippen molar-refractivity contribution in [2.45, 2.75) is 12.8 Å². The Balaban J connectivity index is 1.70. The van der Waals surface area contributed by atoms with E-state index in [0.717, 1.165) is 39.0 Å². The van der Waals surface area contributed by atoms with Crippen molar-refractivity contribution < 1.29 is 23.7 Å². The molecule has 3 aromatic rings. The lowest BCUT2D eigenvalue weighted by Gasteiger charge is -2.26. The van der Waals surface area contributed by atoms with E-state index in [0.29, 0.717) is 17.1 Å². The third kappa shape index (κ3) is 1.62. The van der Waals surface area contributed by atoms with Crippen molar-refractivity contribution in [3.8, 4) is 34.1 Å². The summed E-state index contributed by atoms with van der Waals surface area (Å²) in [4.78, 5) is 13.2. The first-order valence-electron chi connectivity index (χ1n) is 8.56. The Morgan fingerprint density at radius 2 is 1.58 bits per heavy atom. The van der Waals surface area contributed by atoms with Gasteiger partial charge in [-0.15, -0.1) is 0 Å². The van der Waals surface area contributed by atoms with Crippen LogP contribution >= 0.6 is 0 Å². The second-order valence-electron chi connectivity index (χ2n) is 6.76. The first-order chi connectivity index (χ1) is 12.7. The standard InChI is InChI=1S/C21H14O5/c1-10-18-12(3-2-11-6-16-17(7-14(11)18)25-8-24-16)13-4-5-15-21(26-9-23-15)19(13)20(10)22/h2-7,10H,8-9H2,1H3. The van der Waals surface area contributed by atoms with E-state index in [9.17, 15) is 4.79 Å². The molecule has 0 bridgehead atoms. The van der Waals surface area contributed by atoms with Crippen molar-refractivity contribution in [2.75, 3.05) is 13.6 Å². The Morgan fingerprint density at radius 3 is 2.46 bits per heavy atom. The zero-order valence-corrected chi connectivity index (χ0v) is 14.0. The van der Waals surface area contributed by atoms with E-state index >= 15 is 0 Å². The summed E-state index contributed by atoms with van der Waals surface area (Å²) in [5.74, 6) is 2.45. The van der Waals surface area contributed by atoms with Gasteiger partial charge in [0.1, 0.15) is 0 Å². The molecule has 0 amide bonds. The lowest BCUT2D eigenvalue weighted by molar-refractivity contribution is 0.0960. The number of Topliss-reactive ketones (excluding diaryl/α,β-unsaturated/α-hetero) is 1. The van der Waals surface area contributed by atoms with Gasteiger partial charge in [0, 0.05) is 5.92 Å². The second kappa shape index (κ2) is 4.69. The minimum atomic E-state index is -0.280. The molecular formula is C21H14O5. The zero-order chi connectivity index (χ0) is 17.4. The first-order valence-corrected chi connectivity index (χ1v) is 8.56. The number of hydrogen-bond acceptors (Lipinski definition) is 5. The number of rotatable bonds is 0. The summed E-state index contributed by atoms with van der Waals surface area (Å²) in [7, 11) is 0. The quantitative estimate of drug-likeness (QED) is 0.609. The summed E-state index contributed by atoms with van der Waals surface area (Å²) >= 11 is 0. The SMILES string of the molecule is CC1C(=O)c2c(ccc3c2OCO3)-c2ccc3cc4c(cc3c21)OCO4. The highest BCUT2D eigenvalue weighted by Crippen LogP contribution is 2.50. The summed E-state index contributed by atoms with van der Waals surface area (Å²) in [5.41, 5.74) is 3.60. The van der Waals surface area contributed by atoms with Crippen molar-refractivity contribution >= 4 is 16.6 Å². The van der Waals surface area contributed by atoms with Crippen molar-refractivity contribution in [1.82, 2.24) is 0 Å². The Bertz CT molecular complexity index is 1130. The number of carbonyl (C=O) groups excluding carboxylic acids is 1. The van der Waals surface area contributed by atoms with E-state index in [4.69, 9.17) is 18.9 Å². The molecule has 5 nitrogen and oxygen atoms in total. The molecule has 0 spiro atoms. The fourth-order valence-electron chi connectivity index (χ4n) is 4.23. The third-order valence-electron chi connectivity index (χ3n) is 5.46. The minimum Gasteiger partial charge on any atom is -0.454 e. The topological polar surface area (TPSA) is 54.0 Å². The van der Waals surface area contributed by atoms with Crippen LogP contribution in [0.4, 0.5) is 0 Å². The lowest BCUT2D eigenvalue weighted by Crippen LogP contribution is -2.18. The van der Waals surface area contributed by atoms with Gasteiger partial charge in [-0.25, -0.2) is 0 Å². The smallest absolute Gasteiger partial charge is 0.231 e. The van der Waals surface area contributed by atoms with Crippen molar-refractivity contribution in [2.24, 2.45) is 0 Å². The summed E-state index contributed by atoms with van der Waals surface area (Å²) < 4.78 is 22.1. The fraction of sp³-hybridized carbons (Fsp3) is 0.190. The molecule has 0 N–H and O–H groups in total. The molecule has 6 rings (SSSR count). The zero-order valence-electron chi connectivity index (χ0n) is 14.0. The van der Waals surface area contributed by atoms with Crippen LogP contribution in [0.2, 0.25) is 0 Å². The highest BCUT2D eigenvalue weighted by molar-refractivity contribution is 6.15. The van der Waals surface area contributed by atoms with Crippen molar-refractivity contribution in [3.63, 3.8) is 0 Å². The highest BCUT2D eigenvalue weighted by atomic mass is 16.7. The average Bonchev–Trinajstić information content (AvgIpc) is 3.31. The number of fused-ring (bicyclic) bond motifs is 8. The third-order valence-corrected chi connectivity index (χ3v) is 5.46. The molecule has 0 saturated carbocycles.